The van der Waals surface area contributed by atoms with Crippen molar-refractivity contribution in [2.75, 3.05) is 6.54 Å². The first-order valence-electron chi connectivity index (χ1n) is 9.11. The van der Waals surface area contributed by atoms with Gasteiger partial charge in [-0.05, 0) is 48.2 Å². The van der Waals surface area contributed by atoms with Crippen molar-refractivity contribution in [3.05, 3.63) is 22.4 Å². The highest BCUT2D eigenvalue weighted by Gasteiger charge is 2.08. The molecule has 0 saturated carbocycles. The third-order valence-electron chi connectivity index (χ3n) is 4.15. The van der Waals surface area contributed by atoms with Crippen LogP contribution in [0, 0.1) is 0 Å². The van der Waals surface area contributed by atoms with Crippen LogP contribution in [0.2, 0.25) is 0 Å². The van der Waals surface area contributed by atoms with E-state index in [2.05, 4.69) is 36.0 Å². The van der Waals surface area contributed by atoms with Gasteiger partial charge in [-0.25, -0.2) is 0 Å². The maximum Gasteiger partial charge on any atom is 0.0108 e. The van der Waals surface area contributed by atoms with Crippen LogP contribution in [0.5, 0.6) is 0 Å². The van der Waals surface area contributed by atoms with Crippen molar-refractivity contribution in [1.29, 1.82) is 0 Å². The van der Waals surface area contributed by atoms with Gasteiger partial charge < -0.3 is 5.32 Å². The number of nitrogens with one attached hydrogen (secondary N) is 1. The van der Waals surface area contributed by atoms with Crippen molar-refractivity contribution in [1.82, 2.24) is 5.32 Å². The summed E-state index contributed by atoms with van der Waals surface area (Å²) >= 11 is 1.82. The summed E-state index contributed by atoms with van der Waals surface area (Å²) in [4.78, 5) is 0. The molecule has 0 aliphatic heterocycles. The van der Waals surface area contributed by atoms with Crippen molar-refractivity contribution in [3.63, 3.8) is 0 Å². The van der Waals surface area contributed by atoms with Gasteiger partial charge in [0.25, 0.3) is 0 Å². The van der Waals surface area contributed by atoms with Crippen LogP contribution < -0.4 is 5.32 Å². The number of rotatable bonds is 14. The topological polar surface area (TPSA) is 12.0 Å². The molecule has 0 aliphatic rings. The van der Waals surface area contributed by atoms with Crippen LogP contribution in [0.4, 0.5) is 0 Å². The van der Waals surface area contributed by atoms with E-state index in [9.17, 15) is 0 Å². The fourth-order valence-corrected chi connectivity index (χ4v) is 3.52. The van der Waals surface area contributed by atoms with Gasteiger partial charge in [-0.3, -0.25) is 0 Å². The molecule has 0 aromatic carbocycles. The van der Waals surface area contributed by atoms with Gasteiger partial charge in [-0.15, -0.1) is 0 Å². The molecule has 1 heterocycles. The van der Waals surface area contributed by atoms with Crippen LogP contribution in [-0.4, -0.2) is 12.6 Å². The minimum atomic E-state index is 0.680. The van der Waals surface area contributed by atoms with E-state index in [-0.39, 0.29) is 0 Å². The molecule has 0 radical (unpaired) electrons. The standard InChI is InChI=1S/C19H35NS/c1-3-5-6-7-8-9-10-11-12-19(20-14-4-2)16-18-13-15-21-17-18/h13,15,17,19-20H,3-12,14,16H2,1-2H3. The van der Waals surface area contributed by atoms with Gasteiger partial charge in [0.15, 0.2) is 0 Å². The summed E-state index contributed by atoms with van der Waals surface area (Å²) in [6, 6.07) is 2.96. The Bertz CT molecular complexity index is 307. The molecule has 1 atom stereocenters. The molecule has 0 aliphatic carbocycles. The summed E-state index contributed by atoms with van der Waals surface area (Å²) < 4.78 is 0. The molecule has 122 valence electrons. The van der Waals surface area contributed by atoms with E-state index >= 15 is 0 Å². The van der Waals surface area contributed by atoms with E-state index in [1.54, 1.807) is 0 Å². The van der Waals surface area contributed by atoms with E-state index < -0.39 is 0 Å². The van der Waals surface area contributed by atoms with Crippen LogP contribution in [0.1, 0.15) is 83.6 Å². The number of unbranched alkanes of at least 4 members (excludes halogenated alkanes) is 7. The lowest BCUT2D eigenvalue weighted by Gasteiger charge is -2.18. The molecular formula is C19H35NS. The van der Waals surface area contributed by atoms with Crippen molar-refractivity contribution >= 4 is 11.3 Å². The zero-order valence-corrected chi connectivity index (χ0v) is 15.0. The lowest BCUT2D eigenvalue weighted by atomic mass is 10.0. The number of thiophene rings is 1. The average molecular weight is 310 g/mol. The van der Waals surface area contributed by atoms with Crippen molar-refractivity contribution < 1.29 is 0 Å². The van der Waals surface area contributed by atoms with Crippen molar-refractivity contribution in [2.45, 2.75) is 90.5 Å². The molecule has 0 spiro atoms. The molecule has 21 heavy (non-hydrogen) atoms. The van der Waals surface area contributed by atoms with Gasteiger partial charge in [0, 0.05) is 6.04 Å². The third-order valence-corrected chi connectivity index (χ3v) is 4.88. The highest BCUT2D eigenvalue weighted by molar-refractivity contribution is 7.07. The zero-order chi connectivity index (χ0) is 15.2. The highest BCUT2D eigenvalue weighted by atomic mass is 32.1. The van der Waals surface area contributed by atoms with Crippen LogP contribution in [0.3, 0.4) is 0 Å². The lowest BCUT2D eigenvalue weighted by molar-refractivity contribution is 0.449. The molecule has 1 unspecified atom stereocenters. The minimum absolute atomic E-state index is 0.680. The molecule has 1 N–H and O–H groups in total. The summed E-state index contributed by atoms with van der Waals surface area (Å²) in [6.45, 7) is 5.70. The Labute approximate surface area is 136 Å². The fourth-order valence-electron chi connectivity index (χ4n) is 2.84. The van der Waals surface area contributed by atoms with E-state index in [4.69, 9.17) is 0 Å². The van der Waals surface area contributed by atoms with E-state index in [0.29, 0.717) is 6.04 Å². The van der Waals surface area contributed by atoms with Crippen LogP contribution in [-0.2, 0) is 6.42 Å². The third kappa shape index (κ3) is 10.1. The van der Waals surface area contributed by atoms with Gasteiger partial charge >= 0.3 is 0 Å². The monoisotopic (exact) mass is 309 g/mol. The van der Waals surface area contributed by atoms with Crippen LogP contribution in [0.25, 0.3) is 0 Å². The predicted molar refractivity (Wildman–Crippen MR) is 97.3 cm³/mol. The minimum Gasteiger partial charge on any atom is -0.314 e. The zero-order valence-electron chi connectivity index (χ0n) is 14.2. The van der Waals surface area contributed by atoms with Crippen LogP contribution in [0.15, 0.2) is 16.8 Å². The Morgan fingerprint density at radius 3 is 2.29 bits per heavy atom. The second kappa shape index (κ2) is 13.3. The number of hydrogen-bond donors (Lipinski definition) is 1. The average Bonchev–Trinajstić information content (AvgIpc) is 3.00. The second-order valence-corrected chi connectivity index (χ2v) is 7.03. The summed E-state index contributed by atoms with van der Waals surface area (Å²) in [5.74, 6) is 0. The Hall–Kier alpha value is -0.340. The molecular weight excluding hydrogens is 274 g/mol. The molecule has 0 amide bonds. The van der Waals surface area contributed by atoms with E-state index in [1.807, 2.05) is 11.3 Å². The molecule has 0 saturated heterocycles. The predicted octanol–water partition coefficient (Wildman–Crippen LogP) is 6.19. The maximum atomic E-state index is 3.73. The molecule has 1 nitrogen and oxygen atoms in total. The molecule has 1 aromatic heterocycles. The first-order valence-corrected chi connectivity index (χ1v) is 10.1. The normalized spacial score (nSPS) is 12.7. The van der Waals surface area contributed by atoms with E-state index in [0.717, 1.165) is 6.54 Å². The van der Waals surface area contributed by atoms with Crippen LogP contribution >= 0.6 is 11.3 Å². The molecule has 1 rings (SSSR count). The maximum absolute atomic E-state index is 3.73. The van der Waals surface area contributed by atoms with Gasteiger partial charge in [0.2, 0.25) is 0 Å². The van der Waals surface area contributed by atoms with Crippen molar-refractivity contribution in [2.24, 2.45) is 0 Å². The van der Waals surface area contributed by atoms with Gasteiger partial charge in [0.1, 0.15) is 0 Å². The molecule has 2 heteroatoms. The van der Waals surface area contributed by atoms with E-state index in [1.165, 1.54) is 76.2 Å². The van der Waals surface area contributed by atoms with Gasteiger partial charge in [-0.1, -0.05) is 65.2 Å². The molecule has 0 fully saturated rings. The first kappa shape index (κ1) is 18.7. The first-order chi connectivity index (χ1) is 10.4. The largest absolute Gasteiger partial charge is 0.314 e. The molecule has 0 bridgehead atoms. The van der Waals surface area contributed by atoms with Gasteiger partial charge in [0.05, 0.1) is 0 Å². The van der Waals surface area contributed by atoms with Gasteiger partial charge in [-0.2, -0.15) is 11.3 Å². The Morgan fingerprint density at radius 2 is 1.67 bits per heavy atom. The summed E-state index contributed by atoms with van der Waals surface area (Å²) in [5.41, 5.74) is 1.51. The highest BCUT2D eigenvalue weighted by Crippen LogP contribution is 2.14. The Morgan fingerprint density at radius 1 is 0.952 bits per heavy atom. The SMILES string of the molecule is CCCCCCCCCCC(Cc1ccsc1)NCCC. The molecule has 1 aromatic rings. The Balaban J connectivity index is 2.08. The lowest BCUT2D eigenvalue weighted by Crippen LogP contribution is -2.31. The smallest absolute Gasteiger partial charge is 0.0108 e. The second-order valence-electron chi connectivity index (χ2n) is 6.25. The fraction of sp³-hybridized carbons (Fsp3) is 0.789. The van der Waals surface area contributed by atoms with Crippen molar-refractivity contribution in [3.8, 4) is 0 Å². The summed E-state index contributed by atoms with van der Waals surface area (Å²) in [6.07, 6.45) is 15.1. The summed E-state index contributed by atoms with van der Waals surface area (Å²) in [5, 5.41) is 8.23. The Kier molecular flexibility index (Phi) is 11.9. The quantitative estimate of drug-likeness (QED) is 0.404. The summed E-state index contributed by atoms with van der Waals surface area (Å²) in [7, 11) is 0. The number of hydrogen-bond acceptors (Lipinski definition) is 2.